The van der Waals surface area contributed by atoms with Crippen LogP contribution in [-0.4, -0.2) is 64.0 Å². The van der Waals surface area contributed by atoms with E-state index in [-0.39, 0.29) is 13.2 Å². The van der Waals surface area contributed by atoms with E-state index >= 15 is 0 Å². The minimum absolute atomic E-state index is 0.00471. The number of rotatable bonds is 8. The monoisotopic (exact) mass is 262 g/mol. The van der Waals surface area contributed by atoms with Crippen LogP contribution in [0.5, 0.6) is 0 Å². The average Bonchev–Trinajstić information content (AvgIpc) is 2.76. The number of carbonyl (C=O) groups excluding carboxylic acids is 1. The lowest BCUT2D eigenvalue weighted by atomic mass is 10.7. The Morgan fingerprint density at radius 2 is 2.35 bits per heavy atom. The molecule has 1 heterocycles. The van der Waals surface area contributed by atoms with Crippen LogP contribution in [0, 0.1) is 0 Å². The Kier molecular flexibility index (Phi) is 6.51. The molecule has 0 saturated heterocycles. The highest BCUT2D eigenvalue weighted by molar-refractivity contribution is 7.99. The second-order valence-electron chi connectivity index (χ2n) is 2.88. The normalized spacial score (nSPS) is 10.5. The predicted octanol–water partition coefficient (Wildman–Crippen LogP) is -1.05. The van der Waals surface area contributed by atoms with Crippen molar-refractivity contribution in [2.24, 2.45) is 0 Å². The van der Waals surface area contributed by atoms with Gasteiger partial charge in [0.15, 0.2) is 0 Å². The number of nitrogens with zero attached hydrogens (tertiary/aromatic N) is 4. The molecule has 0 spiro atoms. The van der Waals surface area contributed by atoms with Gasteiger partial charge in [0.2, 0.25) is 5.16 Å². The van der Waals surface area contributed by atoms with E-state index in [9.17, 15) is 4.79 Å². The van der Waals surface area contributed by atoms with Crippen molar-refractivity contribution >= 4 is 17.7 Å². The summed E-state index contributed by atoms with van der Waals surface area (Å²) in [5.41, 5.74) is 0. The number of aliphatic hydroxyl groups is 1. The molecule has 1 N–H and O–H groups in total. The number of tetrazole rings is 1. The number of ether oxygens (including phenoxy) is 2. The van der Waals surface area contributed by atoms with Crippen LogP contribution in [0.4, 0.5) is 0 Å². The van der Waals surface area contributed by atoms with Gasteiger partial charge in [0, 0.05) is 5.75 Å². The third kappa shape index (κ3) is 5.11. The SMILES string of the molecule is COC(=O)Cn1nnnc1SCCOCCO. The minimum Gasteiger partial charge on any atom is -0.468 e. The van der Waals surface area contributed by atoms with Crippen molar-refractivity contribution < 1.29 is 19.4 Å². The first-order valence-corrected chi connectivity index (χ1v) is 5.91. The Balaban J connectivity index is 2.33. The standard InChI is InChI=1S/C8H14N4O4S/c1-15-7(14)6-12-8(9-10-11-12)17-5-4-16-3-2-13/h13H,2-6H2,1H3. The summed E-state index contributed by atoms with van der Waals surface area (Å²) < 4.78 is 11.0. The molecule has 0 radical (unpaired) electrons. The number of aromatic nitrogens is 4. The highest BCUT2D eigenvalue weighted by Crippen LogP contribution is 2.12. The van der Waals surface area contributed by atoms with Crippen LogP contribution in [-0.2, 0) is 20.8 Å². The van der Waals surface area contributed by atoms with E-state index in [4.69, 9.17) is 9.84 Å². The molecule has 0 aliphatic heterocycles. The van der Waals surface area contributed by atoms with Crippen molar-refractivity contribution in [1.29, 1.82) is 0 Å². The molecule has 1 aromatic heterocycles. The maximum atomic E-state index is 11.0. The number of hydrogen-bond acceptors (Lipinski definition) is 8. The van der Waals surface area contributed by atoms with Crippen molar-refractivity contribution in [2.75, 3.05) is 32.7 Å². The Morgan fingerprint density at radius 3 is 3.06 bits per heavy atom. The molecule has 8 nitrogen and oxygen atoms in total. The fraction of sp³-hybridized carbons (Fsp3) is 0.750. The molecule has 0 bridgehead atoms. The largest absolute Gasteiger partial charge is 0.468 e. The molecule has 9 heteroatoms. The summed E-state index contributed by atoms with van der Waals surface area (Å²) in [5, 5.41) is 20.0. The molecule has 0 aliphatic rings. The summed E-state index contributed by atoms with van der Waals surface area (Å²) in [4.78, 5) is 11.0. The first kappa shape index (κ1) is 13.9. The van der Waals surface area contributed by atoms with Crippen molar-refractivity contribution in [3.05, 3.63) is 0 Å². The number of hydrogen-bond donors (Lipinski definition) is 1. The Morgan fingerprint density at radius 1 is 1.53 bits per heavy atom. The molecule has 1 rings (SSSR count). The van der Waals surface area contributed by atoms with Crippen molar-refractivity contribution in [2.45, 2.75) is 11.7 Å². The van der Waals surface area contributed by atoms with E-state index in [1.54, 1.807) is 0 Å². The Labute approximate surface area is 102 Å². The van der Waals surface area contributed by atoms with E-state index < -0.39 is 5.97 Å². The fourth-order valence-electron chi connectivity index (χ4n) is 0.944. The molecule has 1 aromatic rings. The quantitative estimate of drug-likeness (QED) is 0.360. The molecule has 0 aliphatic carbocycles. The molecular weight excluding hydrogens is 248 g/mol. The lowest BCUT2D eigenvalue weighted by molar-refractivity contribution is -0.141. The van der Waals surface area contributed by atoms with Gasteiger partial charge in [-0.25, -0.2) is 4.68 Å². The molecule has 0 fully saturated rings. The van der Waals surface area contributed by atoms with Gasteiger partial charge in [-0.3, -0.25) is 4.79 Å². The molecule has 0 amide bonds. The maximum Gasteiger partial charge on any atom is 0.327 e. The topological polar surface area (TPSA) is 99.4 Å². The Bertz CT molecular complexity index is 346. The van der Waals surface area contributed by atoms with Gasteiger partial charge in [0.05, 0.1) is 26.9 Å². The van der Waals surface area contributed by atoms with Crippen LogP contribution < -0.4 is 0 Å². The molecule has 96 valence electrons. The number of methoxy groups -OCH3 is 1. The molecule has 0 unspecified atom stereocenters. The van der Waals surface area contributed by atoms with E-state index in [0.717, 1.165) is 0 Å². The fourth-order valence-corrected chi connectivity index (χ4v) is 1.67. The highest BCUT2D eigenvalue weighted by atomic mass is 32.2. The predicted molar refractivity (Wildman–Crippen MR) is 58.5 cm³/mol. The molecule has 17 heavy (non-hydrogen) atoms. The van der Waals surface area contributed by atoms with Crippen molar-refractivity contribution in [3.8, 4) is 0 Å². The summed E-state index contributed by atoms with van der Waals surface area (Å²) in [6, 6.07) is 0. The van der Waals surface area contributed by atoms with E-state index in [1.807, 2.05) is 0 Å². The second-order valence-corrected chi connectivity index (χ2v) is 3.94. The van der Waals surface area contributed by atoms with Gasteiger partial charge in [-0.15, -0.1) is 5.10 Å². The number of thioether (sulfide) groups is 1. The van der Waals surface area contributed by atoms with Crippen LogP contribution in [0.15, 0.2) is 5.16 Å². The van der Waals surface area contributed by atoms with Crippen LogP contribution in [0.25, 0.3) is 0 Å². The third-order valence-electron chi connectivity index (χ3n) is 1.70. The molecule has 0 saturated carbocycles. The molecule has 0 aromatic carbocycles. The summed E-state index contributed by atoms with van der Waals surface area (Å²) in [6.45, 7) is 0.790. The van der Waals surface area contributed by atoms with E-state index in [2.05, 4.69) is 20.3 Å². The van der Waals surface area contributed by atoms with Gasteiger partial charge in [-0.05, 0) is 10.4 Å². The summed E-state index contributed by atoms with van der Waals surface area (Å²) in [7, 11) is 1.31. The number of esters is 1. The van der Waals surface area contributed by atoms with Gasteiger partial charge in [-0.2, -0.15) is 0 Å². The van der Waals surface area contributed by atoms with Gasteiger partial charge in [0.25, 0.3) is 0 Å². The van der Waals surface area contributed by atoms with E-state index in [0.29, 0.717) is 24.1 Å². The zero-order valence-electron chi connectivity index (χ0n) is 9.40. The van der Waals surface area contributed by atoms with Gasteiger partial charge < -0.3 is 14.6 Å². The molecular formula is C8H14N4O4S. The lowest BCUT2D eigenvalue weighted by Gasteiger charge is -2.03. The third-order valence-corrected chi connectivity index (χ3v) is 2.62. The van der Waals surface area contributed by atoms with Crippen LogP contribution >= 0.6 is 11.8 Å². The molecule has 0 atom stereocenters. The second kappa shape index (κ2) is 7.98. The van der Waals surface area contributed by atoms with Crippen molar-refractivity contribution in [1.82, 2.24) is 20.2 Å². The maximum absolute atomic E-state index is 11.0. The first-order valence-electron chi connectivity index (χ1n) is 4.92. The van der Waals surface area contributed by atoms with Crippen LogP contribution in [0.3, 0.4) is 0 Å². The van der Waals surface area contributed by atoms with Crippen LogP contribution in [0.2, 0.25) is 0 Å². The van der Waals surface area contributed by atoms with Gasteiger partial charge in [-0.1, -0.05) is 11.8 Å². The smallest absolute Gasteiger partial charge is 0.327 e. The minimum atomic E-state index is -0.407. The van der Waals surface area contributed by atoms with Gasteiger partial charge >= 0.3 is 5.97 Å². The Hall–Kier alpha value is -1.19. The summed E-state index contributed by atoms with van der Waals surface area (Å²) >= 11 is 1.37. The average molecular weight is 262 g/mol. The first-order chi connectivity index (χ1) is 8.27. The summed E-state index contributed by atoms with van der Waals surface area (Å²) in [5.74, 6) is 0.234. The zero-order chi connectivity index (χ0) is 12.5. The zero-order valence-corrected chi connectivity index (χ0v) is 10.2. The van der Waals surface area contributed by atoms with Gasteiger partial charge in [0.1, 0.15) is 6.54 Å². The van der Waals surface area contributed by atoms with E-state index in [1.165, 1.54) is 23.6 Å². The number of aliphatic hydroxyl groups excluding tert-OH is 1. The number of carbonyl (C=O) groups is 1. The summed E-state index contributed by atoms with van der Waals surface area (Å²) in [6.07, 6.45) is 0. The highest BCUT2D eigenvalue weighted by Gasteiger charge is 2.10. The lowest BCUT2D eigenvalue weighted by Crippen LogP contribution is -2.14. The van der Waals surface area contributed by atoms with Crippen molar-refractivity contribution in [3.63, 3.8) is 0 Å². The van der Waals surface area contributed by atoms with Crippen LogP contribution in [0.1, 0.15) is 0 Å².